The number of hydrogen-bond acceptors (Lipinski definition) is 1. The molecule has 1 unspecified atom stereocenters. The van der Waals surface area contributed by atoms with Crippen LogP contribution in [0.2, 0.25) is 0 Å². The summed E-state index contributed by atoms with van der Waals surface area (Å²) in [4.78, 5) is 3.33. The molecular formula is C17H22N2S. The summed E-state index contributed by atoms with van der Waals surface area (Å²) in [5.74, 6) is 1.23. The van der Waals surface area contributed by atoms with E-state index in [-0.39, 0.29) is 5.41 Å². The predicted molar refractivity (Wildman–Crippen MR) is 88.1 cm³/mol. The molecule has 0 fully saturated rings. The van der Waals surface area contributed by atoms with Gasteiger partial charge in [-0.15, -0.1) is 0 Å². The van der Waals surface area contributed by atoms with Gasteiger partial charge in [-0.1, -0.05) is 45.9 Å². The summed E-state index contributed by atoms with van der Waals surface area (Å²) in [5, 5.41) is 0. The molecule has 1 aromatic carbocycles. The van der Waals surface area contributed by atoms with Crippen LogP contribution in [0.25, 0.3) is 16.7 Å². The normalized spacial score (nSPS) is 26.4. The average molecular weight is 286 g/mol. The summed E-state index contributed by atoms with van der Waals surface area (Å²) < 4.78 is 3.05. The maximum Gasteiger partial charge on any atom is 0.182 e. The molecule has 20 heavy (non-hydrogen) atoms. The van der Waals surface area contributed by atoms with E-state index in [1.165, 1.54) is 11.2 Å². The van der Waals surface area contributed by atoms with Crippen LogP contribution >= 0.6 is 12.2 Å². The van der Waals surface area contributed by atoms with Crippen molar-refractivity contribution in [3.63, 3.8) is 0 Å². The van der Waals surface area contributed by atoms with E-state index in [2.05, 4.69) is 61.5 Å². The molecule has 0 aliphatic heterocycles. The third-order valence-electron chi connectivity index (χ3n) is 5.27. The maximum atomic E-state index is 5.58. The smallest absolute Gasteiger partial charge is 0.182 e. The van der Waals surface area contributed by atoms with Gasteiger partial charge in [0.15, 0.2) is 4.77 Å². The number of nitrogens with zero attached hydrogens (tertiary/aromatic N) is 1. The number of fused-ring (bicyclic) bond motifs is 1. The van der Waals surface area contributed by atoms with Gasteiger partial charge in [-0.05, 0) is 42.6 Å². The molecule has 2 aromatic rings. The molecular weight excluding hydrogens is 264 g/mol. The SMILES string of the molecule is CC(C)[C@]1(C)C(n2c(=S)[nH]c3ccccc32)=CCC1C. The fourth-order valence-corrected chi connectivity index (χ4v) is 3.80. The minimum absolute atomic E-state index is 0.170. The molecule has 106 valence electrons. The lowest BCUT2D eigenvalue weighted by Crippen LogP contribution is -2.31. The van der Waals surface area contributed by atoms with Crippen molar-refractivity contribution in [3.8, 4) is 0 Å². The standard InChI is InChI=1S/C17H22N2S/c1-11(2)17(4)12(3)9-10-15(17)19-14-8-6-5-7-13(14)18-16(19)20/h5-8,10-12H,9H2,1-4H3,(H,18,20)/t12?,17-/m0/s1. The second-order valence-electron chi connectivity index (χ2n) is 6.45. The van der Waals surface area contributed by atoms with E-state index in [4.69, 9.17) is 12.2 Å². The molecule has 1 N–H and O–H groups in total. The summed E-state index contributed by atoms with van der Waals surface area (Å²) in [6.45, 7) is 9.36. The molecule has 1 heterocycles. The number of nitrogens with one attached hydrogen (secondary N) is 1. The van der Waals surface area contributed by atoms with Crippen molar-refractivity contribution in [2.24, 2.45) is 17.3 Å². The minimum atomic E-state index is 0.170. The number of aromatic amines is 1. The zero-order valence-electron chi connectivity index (χ0n) is 12.6. The Kier molecular flexibility index (Phi) is 3.13. The van der Waals surface area contributed by atoms with Crippen LogP contribution in [0.3, 0.4) is 0 Å². The van der Waals surface area contributed by atoms with E-state index in [1.54, 1.807) is 0 Å². The first-order valence-electron chi connectivity index (χ1n) is 7.37. The van der Waals surface area contributed by atoms with Gasteiger partial charge in [0.25, 0.3) is 0 Å². The second kappa shape index (κ2) is 4.59. The van der Waals surface area contributed by atoms with Crippen molar-refractivity contribution in [2.75, 3.05) is 0 Å². The number of rotatable bonds is 2. The highest BCUT2D eigenvalue weighted by atomic mass is 32.1. The summed E-state index contributed by atoms with van der Waals surface area (Å²) in [7, 11) is 0. The number of allylic oxidation sites excluding steroid dienone is 2. The molecule has 2 nitrogen and oxygen atoms in total. The molecule has 1 aliphatic carbocycles. The second-order valence-corrected chi connectivity index (χ2v) is 6.83. The van der Waals surface area contributed by atoms with Gasteiger partial charge in [0.05, 0.1) is 11.0 Å². The van der Waals surface area contributed by atoms with Crippen LogP contribution < -0.4 is 0 Å². The molecule has 3 rings (SSSR count). The highest BCUT2D eigenvalue weighted by Crippen LogP contribution is 2.51. The lowest BCUT2D eigenvalue weighted by Gasteiger charge is -2.37. The summed E-state index contributed by atoms with van der Waals surface area (Å²) in [6.07, 6.45) is 3.51. The Morgan fingerprint density at radius 1 is 1.35 bits per heavy atom. The van der Waals surface area contributed by atoms with Crippen LogP contribution in [0.5, 0.6) is 0 Å². The van der Waals surface area contributed by atoms with E-state index in [0.29, 0.717) is 11.8 Å². The number of benzene rings is 1. The van der Waals surface area contributed by atoms with Gasteiger partial charge in [0, 0.05) is 11.1 Å². The van der Waals surface area contributed by atoms with Gasteiger partial charge in [0.2, 0.25) is 0 Å². The van der Waals surface area contributed by atoms with Gasteiger partial charge in [-0.25, -0.2) is 0 Å². The molecule has 0 bridgehead atoms. The molecule has 0 spiro atoms. The van der Waals surface area contributed by atoms with Crippen molar-refractivity contribution >= 4 is 28.9 Å². The lowest BCUT2D eigenvalue weighted by molar-refractivity contribution is 0.215. The Morgan fingerprint density at radius 2 is 2.05 bits per heavy atom. The van der Waals surface area contributed by atoms with Gasteiger partial charge in [-0.2, -0.15) is 0 Å². The van der Waals surface area contributed by atoms with Crippen molar-refractivity contribution < 1.29 is 0 Å². The highest BCUT2D eigenvalue weighted by molar-refractivity contribution is 7.71. The maximum absolute atomic E-state index is 5.58. The number of H-pyrrole nitrogens is 1. The lowest BCUT2D eigenvalue weighted by atomic mass is 9.70. The Labute approximate surface area is 125 Å². The van der Waals surface area contributed by atoms with Crippen LogP contribution in [0.1, 0.15) is 34.1 Å². The number of aromatic nitrogens is 2. The third-order valence-corrected chi connectivity index (χ3v) is 5.55. The summed E-state index contributed by atoms with van der Waals surface area (Å²) in [6, 6.07) is 8.36. The molecule has 3 heteroatoms. The third kappa shape index (κ3) is 1.72. The van der Waals surface area contributed by atoms with Crippen LogP contribution in [0.4, 0.5) is 0 Å². The van der Waals surface area contributed by atoms with Crippen molar-refractivity contribution in [1.82, 2.24) is 9.55 Å². The van der Waals surface area contributed by atoms with Crippen molar-refractivity contribution in [3.05, 3.63) is 35.1 Å². The topological polar surface area (TPSA) is 20.7 Å². The first kappa shape index (κ1) is 13.6. The molecule has 0 saturated carbocycles. The first-order chi connectivity index (χ1) is 9.46. The zero-order valence-corrected chi connectivity index (χ0v) is 13.4. The van der Waals surface area contributed by atoms with Gasteiger partial charge in [0.1, 0.15) is 0 Å². The van der Waals surface area contributed by atoms with E-state index in [9.17, 15) is 0 Å². The number of para-hydroxylation sites is 2. The van der Waals surface area contributed by atoms with Crippen molar-refractivity contribution in [1.29, 1.82) is 0 Å². The van der Waals surface area contributed by atoms with E-state index in [0.717, 1.165) is 16.7 Å². The molecule has 2 atom stereocenters. The summed E-state index contributed by atoms with van der Waals surface area (Å²) in [5.41, 5.74) is 3.83. The van der Waals surface area contributed by atoms with Crippen molar-refractivity contribution in [2.45, 2.75) is 34.1 Å². The van der Waals surface area contributed by atoms with E-state index in [1.807, 2.05) is 6.07 Å². The highest BCUT2D eigenvalue weighted by Gasteiger charge is 2.42. The van der Waals surface area contributed by atoms with Crippen LogP contribution in [0, 0.1) is 22.0 Å². The predicted octanol–water partition coefficient (Wildman–Crippen LogP) is 5.24. The van der Waals surface area contributed by atoms with Gasteiger partial charge in [-0.3, -0.25) is 4.57 Å². The first-order valence-corrected chi connectivity index (χ1v) is 7.78. The van der Waals surface area contributed by atoms with Crippen LogP contribution in [-0.2, 0) is 0 Å². The molecule has 1 aromatic heterocycles. The monoisotopic (exact) mass is 286 g/mol. The molecule has 0 radical (unpaired) electrons. The van der Waals surface area contributed by atoms with Gasteiger partial charge >= 0.3 is 0 Å². The Bertz CT molecular complexity index is 735. The quantitative estimate of drug-likeness (QED) is 0.748. The largest absolute Gasteiger partial charge is 0.330 e. The molecule has 0 saturated heterocycles. The van der Waals surface area contributed by atoms with E-state index >= 15 is 0 Å². The fourth-order valence-electron chi connectivity index (χ4n) is 3.50. The molecule has 0 amide bonds. The number of imidazole rings is 1. The molecule has 1 aliphatic rings. The van der Waals surface area contributed by atoms with Crippen LogP contribution in [0.15, 0.2) is 30.3 Å². The zero-order chi connectivity index (χ0) is 14.5. The average Bonchev–Trinajstić information content (AvgIpc) is 2.88. The van der Waals surface area contributed by atoms with Crippen LogP contribution in [-0.4, -0.2) is 9.55 Å². The Balaban J connectivity index is 2.26. The van der Waals surface area contributed by atoms with Gasteiger partial charge < -0.3 is 4.98 Å². The fraction of sp³-hybridized carbons (Fsp3) is 0.471. The number of hydrogen-bond donors (Lipinski definition) is 1. The Morgan fingerprint density at radius 3 is 2.75 bits per heavy atom. The van der Waals surface area contributed by atoms with E-state index < -0.39 is 0 Å². The Hall–Kier alpha value is -1.35. The summed E-state index contributed by atoms with van der Waals surface area (Å²) >= 11 is 5.58. The minimum Gasteiger partial charge on any atom is -0.330 e.